The quantitative estimate of drug-likeness (QED) is 0.690. The molecule has 0 saturated carbocycles. The number of carbonyl (C=O) groups is 1. The number of thiazole rings is 1. The Labute approximate surface area is 156 Å². The van der Waals surface area contributed by atoms with Crippen LogP contribution in [-0.4, -0.2) is 35.0 Å². The predicted octanol–water partition coefficient (Wildman–Crippen LogP) is 4.01. The first-order chi connectivity index (χ1) is 12.8. The van der Waals surface area contributed by atoms with E-state index in [-0.39, 0.29) is 12.0 Å². The summed E-state index contributed by atoms with van der Waals surface area (Å²) in [6, 6.07) is 16.2. The molecule has 5 rings (SSSR count). The maximum atomic E-state index is 13.0. The Morgan fingerprint density at radius 1 is 1.15 bits per heavy atom. The van der Waals surface area contributed by atoms with E-state index in [2.05, 4.69) is 18.2 Å². The van der Waals surface area contributed by atoms with Crippen LogP contribution in [0.4, 0.5) is 0 Å². The first-order valence-electron chi connectivity index (χ1n) is 9.17. The Morgan fingerprint density at radius 3 is 2.88 bits per heavy atom. The molecule has 2 atom stereocenters. The van der Waals surface area contributed by atoms with Crippen LogP contribution in [0.5, 0.6) is 5.75 Å². The topological polar surface area (TPSA) is 42.4 Å². The Bertz CT molecular complexity index is 909. The minimum Gasteiger partial charge on any atom is -0.480 e. The van der Waals surface area contributed by atoms with E-state index in [1.165, 1.54) is 4.70 Å². The molecule has 4 nitrogen and oxygen atoms in total. The average molecular weight is 364 g/mol. The van der Waals surface area contributed by atoms with Crippen molar-refractivity contribution < 1.29 is 9.53 Å². The number of hydrogen-bond acceptors (Lipinski definition) is 4. The average Bonchev–Trinajstić information content (AvgIpc) is 3.31. The summed E-state index contributed by atoms with van der Waals surface area (Å²) >= 11 is 1.76. The first kappa shape index (κ1) is 15.8. The number of ether oxygens (including phenoxy) is 1. The highest BCUT2D eigenvalue weighted by Gasteiger charge is 2.35. The highest BCUT2D eigenvalue weighted by molar-refractivity contribution is 7.18. The van der Waals surface area contributed by atoms with Crippen LogP contribution in [0, 0.1) is 0 Å². The van der Waals surface area contributed by atoms with Gasteiger partial charge in [0.25, 0.3) is 5.91 Å². The predicted molar refractivity (Wildman–Crippen MR) is 103 cm³/mol. The molecule has 5 heteroatoms. The molecule has 2 aromatic carbocycles. The number of carbonyl (C=O) groups excluding carboxylic acids is 1. The van der Waals surface area contributed by atoms with Crippen LogP contribution in [-0.2, 0) is 11.2 Å². The van der Waals surface area contributed by atoms with Crippen molar-refractivity contribution in [3.05, 3.63) is 59.1 Å². The van der Waals surface area contributed by atoms with Gasteiger partial charge in [-0.15, -0.1) is 11.3 Å². The highest BCUT2D eigenvalue weighted by Crippen LogP contribution is 2.34. The molecule has 132 valence electrons. The van der Waals surface area contributed by atoms with Crippen molar-refractivity contribution in [2.24, 2.45) is 0 Å². The lowest BCUT2D eigenvalue weighted by atomic mass is 9.98. The van der Waals surface area contributed by atoms with Gasteiger partial charge in [0.05, 0.1) is 15.2 Å². The number of benzene rings is 2. The Hall–Kier alpha value is -2.40. The summed E-state index contributed by atoms with van der Waals surface area (Å²) in [4.78, 5) is 19.8. The smallest absolute Gasteiger partial charge is 0.264 e. The maximum Gasteiger partial charge on any atom is 0.264 e. The Balaban J connectivity index is 1.32. The summed E-state index contributed by atoms with van der Waals surface area (Å²) in [5.41, 5.74) is 2.19. The molecular weight excluding hydrogens is 344 g/mol. The van der Waals surface area contributed by atoms with E-state index in [0.717, 1.165) is 47.8 Å². The molecule has 0 spiro atoms. The van der Waals surface area contributed by atoms with Gasteiger partial charge in [-0.3, -0.25) is 4.79 Å². The number of piperidine rings is 1. The first-order valence-corrected chi connectivity index (χ1v) is 9.98. The zero-order valence-electron chi connectivity index (χ0n) is 14.4. The fourth-order valence-corrected chi connectivity index (χ4v) is 5.06. The molecule has 2 aliphatic heterocycles. The molecule has 0 aliphatic carbocycles. The molecule has 1 saturated heterocycles. The number of rotatable bonds is 2. The van der Waals surface area contributed by atoms with E-state index < -0.39 is 0 Å². The summed E-state index contributed by atoms with van der Waals surface area (Å²) in [5.74, 6) is 1.30. The van der Waals surface area contributed by atoms with Gasteiger partial charge < -0.3 is 9.64 Å². The van der Waals surface area contributed by atoms with Crippen LogP contribution in [0.25, 0.3) is 10.2 Å². The number of amides is 1. The molecule has 0 bridgehead atoms. The molecule has 3 aromatic rings. The van der Waals surface area contributed by atoms with E-state index in [1.54, 1.807) is 11.3 Å². The van der Waals surface area contributed by atoms with Crippen LogP contribution in [0.15, 0.2) is 48.5 Å². The van der Waals surface area contributed by atoms with E-state index in [4.69, 9.17) is 9.72 Å². The molecule has 2 aliphatic rings. The van der Waals surface area contributed by atoms with E-state index in [9.17, 15) is 4.79 Å². The van der Waals surface area contributed by atoms with Crippen LogP contribution in [0.2, 0.25) is 0 Å². The number of para-hydroxylation sites is 2. The third kappa shape index (κ3) is 2.76. The second-order valence-corrected chi connectivity index (χ2v) is 8.12. The van der Waals surface area contributed by atoms with Crippen molar-refractivity contribution in [2.75, 3.05) is 13.1 Å². The molecular formula is C21H20N2O2S. The van der Waals surface area contributed by atoms with Crippen LogP contribution in [0.1, 0.15) is 29.3 Å². The largest absolute Gasteiger partial charge is 0.480 e. The normalized spacial score (nSPS) is 22.2. The lowest BCUT2D eigenvalue weighted by molar-refractivity contribution is -0.139. The fraction of sp³-hybridized carbons (Fsp3) is 0.333. The van der Waals surface area contributed by atoms with Gasteiger partial charge in [0.1, 0.15) is 5.75 Å². The van der Waals surface area contributed by atoms with Gasteiger partial charge in [0.15, 0.2) is 6.10 Å². The van der Waals surface area contributed by atoms with E-state index in [1.807, 2.05) is 35.2 Å². The van der Waals surface area contributed by atoms with Crippen molar-refractivity contribution in [3.63, 3.8) is 0 Å². The highest BCUT2D eigenvalue weighted by atomic mass is 32.1. The molecule has 1 fully saturated rings. The third-order valence-corrected chi connectivity index (χ3v) is 6.51. The molecule has 0 N–H and O–H groups in total. The van der Waals surface area contributed by atoms with E-state index in [0.29, 0.717) is 12.3 Å². The second kappa shape index (κ2) is 6.40. The number of likely N-dealkylation sites (tertiary alicyclic amines) is 1. The van der Waals surface area contributed by atoms with Gasteiger partial charge in [-0.1, -0.05) is 30.3 Å². The minimum absolute atomic E-state index is 0.118. The van der Waals surface area contributed by atoms with E-state index >= 15 is 0 Å². The van der Waals surface area contributed by atoms with Crippen LogP contribution >= 0.6 is 11.3 Å². The molecule has 1 amide bonds. The van der Waals surface area contributed by atoms with Crippen molar-refractivity contribution in [3.8, 4) is 5.75 Å². The second-order valence-electron chi connectivity index (χ2n) is 7.06. The molecule has 3 heterocycles. The standard InChI is InChI=1S/C21H20N2O2S/c24-21(18-12-14-6-1-3-9-17(14)25-18)23-11-5-7-15(13-23)20-22-16-8-2-4-10-19(16)26-20/h1-4,6,8-10,15,18H,5,7,11-13H2/t15-,18-/m1/s1. The van der Waals surface area contributed by atoms with Crippen LogP contribution in [0.3, 0.4) is 0 Å². The number of fused-ring (bicyclic) bond motifs is 2. The van der Waals surface area contributed by atoms with Gasteiger partial charge in [-0.2, -0.15) is 0 Å². The zero-order valence-corrected chi connectivity index (χ0v) is 15.2. The third-order valence-electron chi connectivity index (χ3n) is 5.32. The summed E-state index contributed by atoms with van der Waals surface area (Å²) in [6.45, 7) is 1.56. The molecule has 0 unspecified atom stereocenters. The molecule has 26 heavy (non-hydrogen) atoms. The number of nitrogens with zero attached hydrogens (tertiary/aromatic N) is 2. The zero-order chi connectivity index (χ0) is 17.5. The van der Waals surface area contributed by atoms with Crippen molar-refractivity contribution in [2.45, 2.75) is 31.3 Å². The fourth-order valence-electron chi connectivity index (χ4n) is 3.97. The minimum atomic E-state index is -0.374. The van der Waals surface area contributed by atoms with Gasteiger partial charge in [0, 0.05) is 25.4 Å². The molecule has 0 radical (unpaired) electrons. The summed E-state index contributed by atoms with van der Waals surface area (Å²) in [5, 5.41) is 1.15. The Morgan fingerprint density at radius 2 is 2.00 bits per heavy atom. The van der Waals surface area contributed by atoms with Gasteiger partial charge in [-0.05, 0) is 36.6 Å². The Kier molecular flexibility index (Phi) is 3.89. The maximum absolute atomic E-state index is 13.0. The van der Waals surface area contributed by atoms with Crippen molar-refractivity contribution in [1.29, 1.82) is 0 Å². The van der Waals surface area contributed by atoms with Crippen molar-refractivity contribution in [1.82, 2.24) is 9.88 Å². The number of aromatic nitrogens is 1. The van der Waals surface area contributed by atoms with Gasteiger partial charge >= 0.3 is 0 Å². The summed E-state index contributed by atoms with van der Waals surface area (Å²) in [7, 11) is 0. The SMILES string of the molecule is O=C([C@H]1Cc2ccccc2O1)N1CCC[C@@H](c2nc3ccccc3s2)C1. The van der Waals surface area contributed by atoms with Gasteiger partial charge in [-0.25, -0.2) is 4.98 Å². The van der Waals surface area contributed by atoms with Crippen LogP contribution < -0.4 is 4.74 Å². The lowest BCUT2D eigenvalue weighted by Crippen LogP contribution is -2.45. The lowest BCUT2D eigenvalue weighted by Gasteiger charge is -2.33. The van der Waals surface area contributed by atoms with Crippen molar-refractivity contribution >= 4 is 27.5 Å². The summed E-state index contributed by atoms with van der Waals surface area (Å²) < 4.78 is 7.13. The number of hydrogen-bond donors (Lipinski definition) is 0. The molecule has 1 aromatic heterocycles. The summed E-state index contributed by atoms with van der Waals surface area (Å²) in [6.07, 6.45) is 2.42. The monoisotopic (exact) mass is 364 g/mol. The van der Waals surface area contributed by atoms with Gasteiger partial charge in [0.2, 0.25) is 0 Å².